The van der Waals surface area contributed by atoms with Crippen LogP contribution in [-0.2, 0) is 9.53 Å². The number of hydrogen-bond donors (Lipinski definition) is 2. The quantitative estimate of drug-likeness (QED) is 0.887. The van der Waals surface area contributed by atoms with Crippen molar-refractivity contribution in [2.45, 2.75) is 19.4 Å². The highest BCUT2D eigenvalue weighted by molar-refractivity contribution is 6.31. The van der Waals surface area contributed by atoms with E-state index in [0.717, 1.165) is 12.1 Å². The molecule has 1 saturated heterocycles. The number of carbonyl (C=O) groups is 1. The largest absolute Gasteiger partial charge is 0.495 e. The first-order chi connectivity index (χ1) is 9.60. The molecule has 0 aliphatic carbocycles. The van der Waals surface area contributed by atoms with Crippen LogP contribution in [0.15, 0.2) is 12.1 Å². The number of anilines is 1. The number of nitrogens with one attached hydrogen (secondary N) is 2. The average molecular weight is 335 g/mol. The summed E-state index contributed by atoms with van der Waals surface area (Å²) in [7, 11) is 1.55. The van der Waals surface area contributed by atoms with Gasteiger partial charge in [0.25, 0.3) is 0 Å². The molecule has 1 aromatic carbocycles. The summed E-state index contributed by atoms with van der Waals surface area (Å²) in [6, 6.07) is 3.50. The maximum atomic E-state index is 12.0. The van der Waals surface area contributed by atoms with Gasteiger partial charge in [0, 0.05) is 24.2 Å². The van der Waals surface area contributed by atoms with Gasteiger partial charge in [-0.2, -0.15) is 0 Å². The molecule has 1 aliphatic heterocycles. The van der Waals surface area contributed by atoms with Crippen LogP contribution in [0.3, 0.4) is 0 Å². The Morgan fingerprint density at radius 2 is 2.33 bits per heavy atom. The number of hydrogen-bond acceptors (Lipinski definition) is 4. The van der Waals surface area contributed by atoms with Gasteiger partial charge in [0.2, 0.25) is 5.91 Å². The summed E-state index contributed by atoms with van der Waals surface area (Å²) in [5.41, 5.74) is 1.52. The molecule has 0 spiro atoms. The van der Waals surface area contributed by atoms with E-state index < -0.39 is 0 Å². The first kappa shape index (κ1) is 18.0. The summed E-state index contributed by atoms with van der Waals surface area (Å²) in [6.45, 7) is 4.05. The molecular formula is C14H20Cl2N2O3. The second-order valence-electron chi connectivity index (χ2n) is 4.75. The minimum absolute atomic E-state index is 0. The molecule has 1 heterocycles. The van der Waals surface area contributed by atoms with Crippen LogP contribution >= 0.6 is 24.0 Å². The fourth-order valence-corrected chi connectivity index (χ4v) is 2.24. The van der Waals surface area contributed by atoms with Gasteiger partial charge in [-0.3, -0.25) is 4.79 Å². The SMILES string of the molecule is COc1cc(Cl)c(C)cc1NC(=O)CC1CNCCO1.Cl. The van der Waals surface area contributed by atoms with Crippen molar-refractivity contribution in [1.29, 1.82) is 0 Å². The van der Waals surface area contributed by atoms with Gasteiger partial charge < -0.3 is 20.1 Å². The van der Waals surface area contributed by atoms with Crippen molar-refractivity contribution >= 4 is 35.6 Å². The van der Waals surface area contributed by atoms with Crippen LogP contribution in [0.2, 0.25) is 5.02 Å². The zero-order valence-corrected chi connectivity index (χ0v) is 13.6. The van der Waals surface area contributed by atoms with Crippen molar-refractivity contribution in [2.75, 3.05) is 32.1 Å². The van der Waals surface area contributed by atoms with Crippen LogP contribution < -0.4 is 15.4 Å². The Bertz CT molecular complexity index is 491. The predicted molar refractivity (Wildman–Crippen MR) is 85.8 cm³/mol. The van der Waals surface area contributed by atoms with Gasteiger partial charge in [0.05, 0.1) is 31.9 Å². The Kier molecular flexibility index (Phi) is 7.25. The van der Waals surface area contributed by atoms with E-state index in [9.17, 15) is 4.79 Å². The summed E-state index contributed by atoms with van der Waals surface area (Å²) >= 11 is 6.04. The lowest BCUT2D eigenvalue weighted by atomic mass is 10.1. The summed E-state index contributed by atoms with van der Waals surface area (Å²) in [6.07, 6.45) is 0.237. The van der Waals surface area contributed by atoms with Gasteiger partial charge in [-0.15, -0.1) is 12.4 Å². The fourth-order valence-electron chi connectivity index (χ4n) is 2.09. The topological polar surface area (TPSA) is 59.6 Å². The second kappa shape index (κ2) is 8.44. The number of methoxy groups -OCH3 is 1. The molecule has 2 N–H and O–H groups in total. The monoisotopic (exact) mass is 334 g/mol. The predicted octanol–water partition coefficient (Wildman–Crippen LogP) is 2.40. The number of halogens is 2. The van der Waals surface area contributed by atoms with Gasteiger partial charge in [-0.1, -0.05) is 11.6 Å². The first-order valence-corrected chi connectivity index (χ1v) is 6.94. The van der Waals surface area contributed by atoms with E-state index in [1.165, 1.54) is 0 Å². The zero-order chi connectivity index (χ0) is 14.5. The number of rotatable bonds is 4. The van der Waals surface area contributed by atoms with E-state index in [1.54, 1.807) is 19.2 Å². The number of benzene rings is 1. The van der Waals surface area contributed by atoms with E-state index in [0.29, 0.717) is 36.0 Å². The van der Waals surface area contributed by atoms with E-state index in [4.69, 9.17) is 21.1 Å². The van der Waals surface area contributed by atoms with Crippen molar-refractivity contribution in [3.05, 3.63) is 22.7 Å². The van der Waals surface area contributed by atoms with Crippen molar-refractivity contribution < 1.29 is 14.3 Å². The molecule has 1 atom stereocenters. The average Bonchev–Trinajstić information content (AvgIpc) is 2.43. The highest BCUT2D eigenvalue weighted by atomic mass is 35.5. The molecule has 0 bridgehead atoms. The molecule has 0 saturated carbocycles. The third-order valence-electron chi connectivity index (χ3n) is 3.17. The Labute approximate surface area is 135 Å². The molecule has 5 nitrogen and oxygen atoms in total. The molecule has 2 rings (SSSR count). The third-order valence-corrected chi connectivity index (χ3v) is 3.58. The van der Waals surface area contributed by atoms with Crippen LogP contribution in [0.5, 0.6) is 5.75 Å². The molecule has 1 aromatic rings. The molecule has 1 aliphatic rings. The third kappa shape index (κ3) is 5.04. The smallest absolute Gasteiger partial charge is 0.227 e. The number of morpholine rings is 1. The number of carbonyl (C=O) groups excluding carboxylic acids is 1. The Morgan fingerprint density at radius 1 is 1.57 bits per heavy atom. The van der Waals surface area contributed by atoms with Crippen LogP contribution in [0.4, 0.5) is 5.69 Å². The van der Waals surface area contributed by atoms with Crippen LogP contribution in [0, 0.1) is 6.92 Å². The van der Waals surface area contributed by atoms with Gasteiger partial charge in [0.15, 0.2) is 0 Å². The lowest BCUT2D eigenvalue weighted by Gasteiger charge is -2.23. The molecule has 1 fully saturated rings. The van der Waals surface area contributed by atoms with Crippen molar-refractivity contribution in [2.24, 2.45) is 0 Å². The molecule has 7 heteroatoms. The van der Waals surface area contributed by atoms with E-state index in [1.807, 2.05) is 6.92 Å². The lowest BCUT2D eigenvalue weighted by Crippen LogP contribution is -2.40. The normalized spacial score (nSPS) is 17.8. The van der Waals surface area contributed by atoms with Crippen LogP contribution in [0.25, 0.3) is 0 Å². The van der Waals surface area contributed by atoms with Gasteiger partial charge in [0.1, 0.15) is 5.75 Å². The highest BCUT2D eigenvalue weighted by Crippen LogP contribution is 2.31. The number of amides is 1. The molecule has 0 radical (unpaired) electrons. The number of aryl methyl sites for hydroxylation is 1. The standard InChI is InChI=1S/C14H19ClN2O3.ClH/c1-9-5-12(13(19-2)7-11(9)15)17-14(18)6-10-8-16-3-4-20-10;/h5,7,10,16H,3-4,6,8H2,1-2H3,(H,17,18);1H. The van der Waals surface area contributed by atoms with E-state index >= 15 is 0 Å². The minimum Gasteiger partial charge on any atom is -0.495 e. The molecule has 118 valence electrons. The maximum Gasteiger partial charge on any atom is 0.227 e. The maximum absolute atomic E-state index is 12.0. The van der Waals surface area contributed by atoms with E-state index in [-0.39, 0.29) is 24.4 Å². The van der Waals surface area contributed by atoms with Gasteiger partial charge in [-0.05, 0) is 18.6 Å². The van der Waals surface area contributed by atoms with Crippen molar-refractivity contribution in [3.8, 4) is 5.75 Å². The van der Waals surface area contributed by atoms with Crippen LogP contribution in [-0.4, -0.2) is 38.8 Å². The Morgan fingerprint density at radius 3 is 2.95 bits per heavy atom. The summed E-state index contributed by atoms with van der Waals surface area (Å²) in [5, 5.41) is 6.65. The molecular weight excluding hydrogens is 315 g/mol. The van der Waals surface area contributed by atoms with Gasteiger partial charge in [-0.25, -0.2) is 0 Å². The molecule has 0 aromatic heterocycles. The molecule has 21 heavy (non-hydrogen) atoms. The van der Waals surface area contributed by atoms with E-state index in [2.05, 4.69) is 10.6 Å². The van der Waals surface area contributed by atoms with Crippen molar-refractivity contribution in [3.63, 3.8) is 0 Å². The number of ether oxygens (including phenoxy) is 2. The zero-order valence-electron chi connectivity index (χ0n) is 12.1. The first-order valence-electron chi connectivity index (χ1n) is 6.56. The summed E-state index contributed by atoms with van der Waals surface area (Å²) < 4.78 is 10.7. The summed E-state index contributed by atoms with van der Waals surface area (Å²) in [4.78, 5) is 12.0. The molecule has 1 amide bonds. The second-order valence-corrected chi connectivity index (χ2v) is 5.16. The van der Waals surface area contributed by atoms with Gasteiger partial charge >= 0.3 is 0 Å². The minimum atomic E-state index is -0.0984. The highest BCUT2D eigenvalue weighted by Gasteiger charge is 2.18. The Balaban J connectivity index is 0.00000220. The summed E-state index contributed by atoms with van der Waals surface area (Å²) in [5.74, 6) is 0.454. The van der Waals surface area contributed by atoms with Crippen molar-refractivity contribution in [1.82, 2.24) is 5.32 Å². The van der Waals surface area contributed by atoms with Crippen LogP contribution in [0.1, 0.15) is 12.0 Å². The molecule has 1 unspecified atom stereocenters. The Hall–Kier alpha value is -1.01. The fraction of sp³-hybridized carbons (Fsp3) is 0.500. The lowest BCUT2D eigenvalue weighted by molar-refractivity contribution is -0.119.